The molecule has 1 fully saturated rings. The normalized spacial score (nSPS) is 10.8. The third kappa shape index (κ3) is 30.1. The number of aliphatic hydroxyl groups excluding tert-OH is 1. The summed E-state index contributed by atoms with van der Waals surface area (Å²) in [6, 6.07) is 13.1. The number of aryl methyl sites for hydroxylation is 1. The molecule has 6 N–H and O–H groups in total. The van der Waals surface area contributed by atoms with E-state index in [0.29, 0.717) is 6.54 Å². The molecule has 0 radical (unpaired) electrons. The fourth-order valence-corrected chi connectivity index (χ4v) is 3.27. The van der Waals surface area contributed by atoms with E-state index in [-0.39, 0.29) is 12.8 Å². The highest BCUT2D eigenvalue weighted by atomic mass is 16.4. The highest BCUT2D eigenvalue weighted by molar-refractivity contribution is 5.83. The van der Waals surface area contributed by atoms with Crippen molar-refractivity contribution >= 4 is 28.7 Å². The van der Waals surface area contributed by atoms with E-state index in [0.717, 1.165) is 26.5 Å². The zero-order valence-corrected chi connectivity index (χ0v) is 29.4. The van der Waals surface area contributed by atoms with Crippen molar-refractivity contribution in [3.8, 4) is 0 Å². The lowest BCUT2D eigenvalue weighted by Crippen LogP contribution is -2.46. The number of nitrogens with one attached hydrogen (secondary N) is 3. The van der Waals surface area contributed by atoms with Crippen LogP contribution in [0, 0.1) is 6.92 Å². The van der Waals surface area contributed by atoms with Crippen molar-refractivity contribution in [2.24, 2.45) is 0 Å². The first-order chi connectivity index (χ1) is 21.7. The lowest BCUT2D eigenvalue weighted by Gasteiger charge is -2.17. The summed E-state index contributed by atoms with van der Waals surface area (Å²) in [5, 5.41) is 34.8. The maximum absolute atomic E-state index is 11.4. The number of hydrogen-bond acceptors (Lipinski definition) is 5. The molecule has 1 unspecified atom stereocenters. The average molecular weight is 634 g/mol. The third-order valence-corrected chi connectivity index (χ3v) is 5.58. The van der Waals surface area contributed by atoms with Gasteiger partial charge in [-0.1, -0.05) is 107 Å². The van der Waals surface area contributed by atoms with Crippen molar-refractivity contribution in [3.05, 3.63) is 72.3 Å². The van der Waals surface area contributed by atoms with E-state index in [4.69, 9.17) is 15.3 Å². The summed E-state index contributed by atoms with van der Waals surface area (Å²) in [7, 11) is 2.98. The molecule has 1 atom stereocenters. The van der Waals surface area contributed by atoms with Crippen molar-refractivity contribution in [1.29, 1.82) is 0 Å². The molecule has 258 valence electrons. The number of unbranched alkanes of at least 4 members (excludes halogenated alkanes) is 1. The Morgan fingerprint density at radius 3 is 1.96 bits per heavy atom. The number of aliphatic hydroxyl groups is 1. The summed E-state index contributed by atoms with van der Waals surface area (Å²) in [4.78, 5) is 32.6. The number of allylic oxidation sites excluding steroid dienone is 2. The number of rotatable bonds is 10. The molecule has 2 aromatic carbocycles. The second kappa shape index (κ2) is 36.5. The second-order valence-corrected chi connectivity index (χ2v) is 9.11. The quantitative estimate of drug-likeness (QED) is 0.116. The number of aliphatic carboxylic acids is 2. The van der Waals surface area contributed by atoms with Crippen molar-refractivity contribution in [1.82, 2.24) is 16.0 Å². The monoisotopic (exact) mass is 633 g/mol. The molecule has 45 heavy (non-hydrogen) atoms. The van der Waals surface area contributed by atoms with Crippen LogP contribution in [0.4, 0.5) is 4.79 Å². The largest absolute Gasteiger partial charge is 0.481 e. The summed E-state index contributed by atoms with van der Waals surface area (Å²) >= 11 is 0. The number of fused-ring (bicyclic) bond motifs is 1. The molecule has 1 saturated carbocycles. The summed E-state index contributed by atoms with van der Waals surface area (Å²) in [5.41, 5.74) is 2.62. The summed E-state index contributed by atoms with van der Waals surface area (Å²) in [5.74, 6) is -2.34. The molecular formula is C36H63N3O6. The number of hydrogen-bond donors (Lipinski definition) is 6. The molecule has 0 heterocycles. The van der Waals surface area contributed by atoms with Crippen LogP contribution in [0.1, 0.15) is 92.1 Å². The number of carboxylic acid groups (broad SMARTS) is 2. The highest BCUT2D eigenvalue weighted by Gasteiger charge is 2.20. The van der Waals surface area contributed by atoms with E-state index in [1.807, 2.05) is 47.7 Å². The average Bonchev–Trinajstić information content (AvgIpc) is 3.03. The van der Waals surface area contributed by atoms with Gasteiger partial charge in [0.15, 0.2) is 0 Å². The van der Waals surface area contributed by atoms with E-state index >= 15 is 0 Å². The third-order valence-electron chi connectivity index (χ3n) is 5.58. The van der Waals surface area contributed by atoms with Gasteiger partial charge in [0.05, 0.1) is 0 Å². The Morgan fingerprint density at radius 1 is 0.978 bits per heavy atom. The smallest absolute Gasteiger partial charge is 0.326 e. The maximum Gasteiger partial charge on any atom is 0.326 e. The minimum Gasteiger partial charge on any atom is -0.481 e. The van der Waals surface area contributed by atoms with Crippen LogP contribution in [0.15, 0.2) is 66.8 Å². The minimum atomic E-state index is -1.24. The van der Waals surface area contributed by atoms with Crippen LogP contribution in [0.2, 0.25) is 0 Å². The fourth-order valence-electron chi connectivity index (χ4n) is 3.27. The number of carbonyl (C=O) groups is 3. The Morgan fingerprint density at radius 2 is 1.53 bits per heavy atom. The summed E-state index contributed by atoms with van der Waals surface area (Å²) < 4.78 is 0. The lowest BCUT2D eigenvalue weighted by atomic mass is 9.92. The predicted molar refractivity (Wildman–Crippen MR) is 191 cm³/mol. The Labute approximate surface area is 273 Å². The summed E-state index contributed by atoms with van der Waals surface area (Å²) in [6.45, 7) is 19.1. The molecule has 0 spiro atoms. The zero-order chi connectivity index (χ0) is 35.5. The van der Waals surface area contributed by atoms with Gasteiger partial charge in [0.25, 0.3) is 0 Å². The minimum absolute atomic E-state index is 0.140. The van der Waals surface area contributed by atoms with Gasteiger partial charge in [-0.05, 0) is 70.3 Å². The van der Waals surface area contributed by atoms with Gasteiger partial charge in [0.2, 0.25) is 0 Å². The van der Waals surface area contributed by atoms with Gasteiger partial charge in [0.1, 0.15) is 6.04 Å². The van der Waals surface area contributed by atoms with Gasteiger partial charge < -0.3 is 31.3 Å². The number of carbonyl (C=O) groups excluding carboxylic acids is 1. The van der Waals surface area contributed by atoms with E-state index < -0.39 is 24.0 Å². The molecule has 1 aliphatic rings. The maximum atomic E-state index is 11.4. The molecule has 2 amide bonds. The molecule has 9 nitrogen and oxygen atoms in total. The Kier molecular flexibility index (Phi) is 39.1. The van der Waals surface area contributed by atoms with Crippen molar-refractivity contribution < 1.29 is 29.7 Å². The molecule has 0 aromatic heterocycles. The molecular weight excluding hydrogens is 570 g/mol. The van der Waals surface area contributed by atoms with Crippen LogP contribution < -0.4 is 16.0 Å². The Hall–Kier alpha value is -3.69. The van der Waals surface area contributed by atoms with Crippen LogP contribution in [-0.4, -0.2) is 66.6 Å². The number of urea groups is 1. The number of carboxylic acids is 2. The van der Waals surface area contributed by atoms with Crippen molar-refractivity contribution in [3.63, 3.8) is 0 Å². The first kappa shape index (κ1) is 48.2. The molecule has 0 bridgehead atoms. The Balaban J connectivity index is -0.000000273. The molecule has 9 heteroatoms. The van der Waals surface area contributed by atoms with E-state index in [9.17, 15) is 14.4 Å². The molecule has 3 rings (SSSR count). The van der Waals surface area contributed by atoms with Crippen molar-refractivity contribution in [2.75, 3.05) is 27.2 Å². The zero-order valence-electron chi connectivity index (χ0n) is 29.4. The molecule has 1 aliphatic carbocycles. The van der Waals surface area contributed by atoms with Gasteiger partial charge in [-0.15, -0.1) is 6.58 Å². The second-order valence-electron chi connectivity index (χ2n) is 9.11. The van der Waals surface area contributed by atoms with Gasteiger partial charge in [-0.3, -0.25) is 4.79 Å². The topological polar surface area (TPSA) is 148 Å². The van der Waals surface area contributed by atoms with Gasteiger partial charge in [0, 0.05) is 20.1 Å². The van der Waals surface area contributed by atoms with Crippen LogP contribution in [0.5, 0.6) is 0 Å². The fraction of sp³-hybridized carbons (Fsp3) is 0.528. The van der Waals surface area contributed by atoms with Crippen LogP contribution in [-0.2, 0) is 9.59 Å². The lowest BCUT2D eigenvalue weighted by molar-refractivity contribution is -0.140. The molecule has 2 aromatic rings. The predicted octanol–water partition coefficient (Wildman–Crippen LogP) is 7.72. The first-order valence-corrected chi connectivity index (χ1v) is 16.0. The highest BCUT2D eigenvalue weighted by Crippen LogP contribution is 2.24. The molecule has 0 aliphatic heterocycles. The van der Waals surface area contributed by atoms with Crippen LogP contribution in [0.3, 0.4) is 0 Å². The number of amides is 2. The SMILES string of the molecule is C=CC.CC.CC.CCCCNC.CO.Cc1ccc2ccccc2c1.O=C(O)CCC(NC(=O)NCC=C1CCC1)C(=O)O. The van der Waals surface area contributed by atoms with Crippen molar-refractivity contribution in [2.45, 2.75) is 99.5 Å². The van der Waals surface area contributed by atoms with E-state index in [1.165, 1.54) is 41.2 Å². The van der Waals surface area contributed by atoms with Gasteiger partial charge >= 0.3 is 18.0 Å². The standard InChI is InChI=1S/C12H18N2O5.C11H10.C5H13N.C3H6.2C2H6.CH4O/c15-10(16)5-4-9(11(17)18)14-12(19)13-7-6-8-2-1-3-8;1-9-6-7-10-4-2-3-5-11(10)8-9;1-3-4-5-6-2;1-3-2;3*1-2/h6,9H,1-5,7H2,(H,15,16)(H,17,18)(H2,13,14,19);2-8H,1H3;6H,3-5H2,1-2H3;3H,1H2,2H3;2*1-2H3;2H,1H3. The van der Waals surface area contributed by atoms with Gasteiger partial charge in [-0.25, -0.2) is 9.59 Å². The number of benzene rings is 2. The van der Waals surface area contributed by atoms with Crippen LogP contribution in [0.25, 0.3) is 10.8 Å². The molecule has 0 saturated heterocycles. The van der Waals surface area contributed by atoms with Crippen LogP contribution >= 0.6 is 0 Å². The van der Waals surface area contributed by atoms with E-state index in [2.05, 4.69) is 78.8 Å². The van der Waals surface area contributed by atoms with E-state index in [1.54, 1.807) is 6.08 Å². The first-order valence-electron chi connectivity index (χ1n) is 16.0. The van der Waals surface area contributed by atoms with Gasteiger partial charge in [-0.2, -0.15) is 0 Å². The Bertz CT molecular complexity index is 1030. The summed E-state index contributed by atoms with van der Waals surface area (Å²) in [6.07, 6.45) is 9.10.